The second kappa shape index (κ2) is 4.08. The van der Waals surface area contributed by atoms with Crippen molar-refractivity contribution in [3.8, 4) is 0 Å². The third-order valence-electron chi connectivity index (χ3n) is 2.80. The average molecular weight is 216 g/mol. The molecule has 0 radical (unpaired) electrons. The molecule has 84 valence electrons. The zero-order valence-electron chi connectivity index (χ0n) is 9.87. The summed E-state index contributed by atoms with van der Waals surface area (Å²) >= 11 is 0. The molecule has 1 N–H and O–H groups in total. The van der Waals surface area contributed by atoms with Crippen molar-refractivity contribution in [2.24, 2.45) is 0 Å². The van der Waals surface area contributed by atoms with Gasteiger partial charge in [0.05, 0.1) is 5.52 Å². The van der Waals surface area contributed by atoms with E-state index in [1.165, 1.54) is 0 Å². The molecule has 2 heterocycles. The van der Waals surface area contributed by atoms with Gasteiger partial charge in [-0.3, -0.25) is 9.78 Å². The molecule has 16 heavy (non-hydrogen) atoms. The van der Waals surface area contributed by atoms with E-state index in [-0.39, 0.29) is 5.56 Å². The summed E-state index contributed by atoms with van der Waals surface area (Å²) in [5.74, 6) is 0.374. The summed E-state index contributed by atoms with van der Waals surface area (Å²) in [6.07, 6.45) is 2.58. The van der Waals surface area contributed by atoms with Crippen LogP contribution in [0.2, 0.25) is 0 Å². The molecule has 0 saturated carbocycles. The van der Waals surface area contributed by atoms with Gasteiger partial charge in [0, 0.05) is 22.8 Å². The fourth-order valence-electron chi connectivity index (χ4n) is 1.74. The molecule has 0 unspecified atom stereocenters. The van der Waals surface area contributed by atoms with Crippen molar-refractivity contribution in [3.05, 3.63) is 39.9 Å². The Morgan fingerprint density at radius 2 is 2.12 bits per heavy atom. The van der Waals surface area contributed by atoms with Crippen molar-refractivity contribution in [1.29, 1.82) is 0 Å². The number of aryl methyl sites for hydroxylation is 1. The molecule has 2 aromatic heterocycles. The van der Waals surface area contributed by atoms with E-state index < -0.39 is 0 Å². The predicted molar refractivity (Wildman–Crippen MR) is 65.8 cm³/mol. The van der Waals surface area contributed by atoms with Crippen LogP contribution in [-0.2, 0) is 6.42 Å². The Morgan fingerprint density at radius 1 is 1.38 bits per heavy atom. The average Bonchev–Trinajstić information content (AvgIpc) is 2.27. The maximum Gasteiger partial charge on any atom is 0.251 e. The number of hydrogen-bond acceptors (Lipinski definition) is 2. The fourth-order valence-corrected chi connectivity index (χ4v) is 1.74. The standard InChI is InChI=1S/C13H16N2O/c1-4-9-5-10-7-14-11(8(2)3)6-12(10)15-13(9)16/h5-8H,4H2,1-3H3,(H,15,16). The van der Waals surface area contributed by atoms with Gasteiger partial charge in [0.25, 0.3) is 5.56 Å². The lowest BCUT2D eigenvalue weighted by Gasteiger charge is -2.06. The van der Waals surface area contributed by atoms with Crippen molar-refractivity contribution < 1.29 is 0 Å². The molecular weight excluding hydrogens is 200 g/mol. The highest BCUT2D eigenvalue weighted by molar-refractivity contribution is 5.78. The molecule has 0 bridgehead atoms. The summed E-state index contributed by atoms with van der Waals surface area (Å²) < 4.78 is 0. The Morgan fingerprint density at radius 3 is 2.75 bits per heavy atom. The van der Waals surface area contributed by atoms with Crippen LogP contribution >= 0.6 is 0 Å². The SMILES string of the molecule is CCc1cc2cnc(C(C)C)cc2[nH]c1=O. The van der Waals surface area contributed by atoms with Gasteiger partial charge in [-0.15, -0.1) is 0 Å². The lowest BCUT2D eigenvalue weighted by Crippen LogP contribution is -2.11. The van der Waals surface area contributed by atoms with Crippen LogP contribution in [0.1, 0.15) is 37.9 Å². The van der Waals surface area contributed by atoms with Gasteiger partial charge in [-0.05, 0) is 24.5 Å². The van der Waals surface area contributed by atoms with Crippen LogP contribution in [0.3, 0.4) is 0 Å². The molecule has 0 aliphatic rings. The predicted octanol–water partition coefficient (Wildman–Crippen LogP) is 2.61. The zero-order chi connectivity index (χ0) is 11.7. The molecule has 0 aliphatic carbocycles. The first-order chi connectivity index (χ1) is 7.61. The second-order valence-electron chi connectivity index (χ2n) is 4.33. The van der Waals surface area contributed by atoms with E-state index in [1.807, 2.05) is 25.3 Å². The lowest BCUT2D eigenvalue weighted by atomic mass is 10.1. The largest absolute Gasteiger partial charge is 0.322 e. The quantitative estimate of drug-likeness (QED) is 0.838. The summed E-state index contributed by atoms with van der Waals surface area (Å²) in [6, 6.07) is 3.88. The lowest BCUT2D eigenvalue weighted by molar-refractivity contribution is 0.825. The molecule has 0 aliphatic heterocycles. The van der Waals surface area contributed by atoms with Crippen LogP contribution in [0.15, 0.2) is 23.1 Å². The van der Waals surface area contributed by atoms with Gasteiger partial charge in [0.2, 0.25) is 0 Å². The Kier molecular flexibility index (Phi) is 2.77. The number of hydrogen-bond donors (Lipinski definition) is 1. The smallest absolute Gasteiger partial charge is 0.251 e. The zero-order valence-corrected chi connectivity index (χ0v) is 9.87. The first-order valence-corrected chi connectivity index (χ1v) is 5.63. The van der Waals surface area contributed by atoms with Gasteiger partial charge in [0.1, 0.15) is 0 Å². The fraction of sp³-hybridized carbons (Fsp3) is 0.385. The molecule has 0 fully saturated rings. The number of H-pyrrole nitrogens is 1. The highest BCUT2D eigenvalue weighted by Crippen LogP contribution is 2.16. The van der Waals surface area contributed by atoms with Gasteiger partial charge in [-0.2, -0.15) is 0 Å². The summed E-state index contributed by atoms with van der Waals surface area (Å²) in [7, 11) is 0. The van der Waals surface area contributed by atoms with Crippen LogP contribution < -0.4 is 5.56 Å². The minimum absolute atomic E-state index is 0.0101. The van der Waals surface area contributed by atoms with E-state index in [4.69, 9.17) is 0 Å². The molecule has 0 saturated heterocycles. The van der Waals surface area contributed by atoms with Gasteiger partial charge in [-0.25, -0.2) is 0 Å². The number of aromatic amines is 1. The summed E-state index contributed by atoms with van der Waals surface area (Å²) in [6.45, 7) is 6.16. The maximum absolute atomic E-state index is 11.7. The van der Waals surface area contributed by atoms with E-state index in [9.17, 15) is 4.79 Å². The number of nitrogens with zero attached hydrogens (tertiary/aromatic N) is 1. The van der Waals surface area contributed by atoms with E-state index in [2.05, 4.69) is 23.8 Å². The van der Waals surface area contributed by atoms with Crippen LogP contribution in [0.4, 0.5) is 0 Å². The van der Waals surface area contributed by atoms with Crippen LogP contribution in [0, 0.1) is 0 Å². The number of nitrogens with one attached hydrogen (secondary N) is 1. The van der Waals surface area contributed by atoms with Crippen molar-refractivity contribution in [2.45, 2.75) is 33.1 Å². The summed E-state index contributed by atoms with van der Waals surface area (Å²) in [4.78, 5) is 19.0. The van der Waals surface area contributed by atoms with E-state index in [0.717, 1.165) is 28.6 Å². The Bertz CT molecular complexity index is 570. The Hall–Kier alpha value is -1.64. The van der Waals surface area contributed by atoms with Crippen LogP contribution in [0.5, 0.6) is 0 Å². The van der Waals surface area contributed by atoms with Crippen molar-refractivity contribution in [1.82, 2.24) is 9.97 Å². The third kappa shape index (κ3) is 1.85. The molecule has 3 heteroatoms. The Labute approximate surface area is 94.5 Å². The molecule has 2 aromatic rings. The molecule has 0 atom stereocenters. The topological polar surface area (TPSA) is 45.8 Å². The molecule has 3 nitrogen and oxygen atoms in total. The van der Waals surface area contributed by atoms with Crippen molar-refractivity contribution >= 4 is 10.9 Å². The maximum atomic E-state index is 11.7. The molecule has 0 aromatic carbocycles. The second-order valence-corrected chi connectivity index (χ2v) is 4.33. The molecule has 2 rings (SSSR count). The third-order valence-corrected chi connectivity index (χ3v) is 2.80. The first-order valence-electron chi connectivity index (χ1n) is 5.63. The Balaban J connectivity index is 2.67. The number of aromatic nitrogens is 2. The highest BCUT2D eigenvalue weighted by atomic mass is 16.1. The molecule has 0 amide bonds. The molecular formula is C13H16N2O. The number of rotatable bonds is 2. The van der Waals surface area contributed by atoms with E-state index >= 15 is 0 Å². The molecule has 0 spiro atoms. The first kappa shape index (κ1) is 10.9. The number of pyridine rings is 2. The van der Waals surface area contributed by atoms with Gasteiger partial charge in [0.15, 0.2) is 0 Å². The van der Waals surface area contributed by atoms with Crippen LogP contribution in [-0.4, -0.2) is 9.97 Å². The van der Waals surface area contributed by atoms with Crippen molar-refractivity contribution in [3.63, 3.8) is 0 Å². The van der Waals surface area contributed by atoms with Gasteiger partial charge >= 0.3 is 0 Å². The normalized spacial score (nSPS) is 11.2. The summed E-state index contributed by atoms with van der Waals surface area (Å²) in [5.41, 5.74) is 2.70. The monoisotopic (exact) mass is 216 g/mol. The van der Waals surface area contributed by atoms with Gasteiger partial charge < -0.3 is 4.98 Å². The van der Waals surface area contributed by atoms with Gasteiger partial charge in [-0.1, -0.05) is 20.8 Å². The van der Waals surface area contributed by atoms with Crippen molar-refractivity contribution in [2.75, 3.05) is 0 Å². The summed E-state index contributed by atoms with van der Waals surface area (Å²) in [5, 5.41) is 1.00. The van der Waals surface area contributed by atoms with Crippen LogP contribution in [0.25, 0.3) is 10.9 Å². The number of fused-ring (bicyclic) bond motifs is 1. The minimum atomic E-state index is 0.0101. The highest BCUT2D eigenvalue weighted by Gasteiger charge is 2.05. The minimum Gasteiger partial charge on any atom is -0.322 e. The van der Waals surface area contributed by atoms with E-state index in [0.29, 0.717) is 5.92 Å². The van der Waals surface area contributed by atoms with E-state index in [1.54, 1.807) is 0 Å².